The van der Waals surface area contributed by atoms with E-state index in [-0.39, 0.29) is 12.0 Å². The maximum atomic E-state index is 10.8. The van der Waals surface area contributed by atoms with Crippen LogP contribution >= 0.6 is 0 Å². The Morgan fingerprint density at radius 2 is 1.95 bits per heavy atom. The summed E-state index contributed by atoms with van der Waals surface area (Å²) in [7, 11) is 0. The van der Waals surface area contributed by atoms with Gasteiger partial charge in [-0.1, -0.05) is 12.1 Å². The van der Waals surface area contributed by atoms with Crippen LogP contribution in [0.5, 0.6) is 0 Å². The van der Waals surface area contributed by atoms with Crippen molar-refractivity contribution in [1.29, 1.82) is 0 Å². The fourth-order valence-corrected chi connectivity index (χ4v) is 1.82. The lowest BCUT2D eigenvalue weighted by molar-refractivity contribution is -0.136. The van der Waals surface area contributed by atoms with Crippen molar-refractivity contribution < 1.29 is 14.6 Å². The highest BCUT2D eigenvalue weighted by atomic mass is 16.5. The Labute approximate surface area is 120 Å². The predicted molar refractivity (Wildman–Crippen MR) is 81.0 cm³/mol. The van der Waals surface area contributed by atoms with E-state index in [1.807, 2.05) is 49.9 Å². The lowest BCUT2D eigenvalue weighted by atomic mass is 10.2. The highest BCUT2D eigenvalue weighted by molar-refractivity contribution is 5.70. The van der Waals surface area contributed by atoms with E-state index in [1.165, 1.54) is 0 Å². The minimum absolute atomic E-state index is 0.0733. The molecule has 3 N–H and O–H groups in total. The molecule has 0 aliphatic heterocycles. The molecule has 20 heavy (non-hydrogen) atoms. The van der Waals surface area contributed by atoms with E-state index in [2.05, 4.69) is 0 Å². The average molecular weight is 280 g/mol. The first kappa shape index (κ1) is 16.3. The van der Waals surface area contributed by atoms with Crippen molar-refractivity contribution >= 4 is 17.3 Å². The molecule has 5 nitrogen and oxygen atoms in total. The van der Waals surface area contributed by atoms with Crippen molar-refractivity contribution in [2.75, 3.05) is 30.3 Å². The number of nitrogens with two attached hydrogens (primary N) is 1. The van der Waals surface area contributed by atoms with Gasteiger partial charge in [-0.15, -0.1) is 0 Å². The summed E-state index contributed by atoms with van der Waals surface area (Å²) in [6.07, 6.45) is 0.0733. The molecule has 0 atom stereocenters. The van der Waals surface area contributed by atoms with Gasteiger partial charge in [-0.25, -0.2) is 0 Å². The van der Waals surface area contributed by atoms with E-state index in [9.17, 15) is 4.79 Å². The van der Waals surface area contributed by atoms with E-state index in [4.69, 9.17) is 15.6 Å². The molecule has 0 heterocycles. The molecule has 1 aromatic rings. The average Bonchev–Trinajstić information content (AvgIpc) is 2.33. The number of anilines is 2. The predicted octanol–water partition coefficient (Wildman–Crippen LogP) is 2.37. The normalized spacial score (nSPS) is 11.3. The third kappa shape index (κ3) is 5.93. The zero-order chi connectivity index (χ0) is 15.2. The van der Waals surface area contributed by atoms with Crippen LogP contribution in [0, 0.1) is 0 Å². The number of rotatable bonds is 7. The summed E-state index contributed by atoms with van der Waals surface area (Å²) in [6, 6.07) is 7.46. The molecular formula is C15H24N2O3. The summed E-state index contributed by atoms with van der Waals surface area (Å²) in [5.41, 5.74) is 7.25. The molecule has 0 fully saturated rings. The van der Waals surface area contributed by atoms with Gasteiger partial charge >= 0.3 is 5.97 Å². The van der Waals surface area contributed by atoms with Gasteiger partial charge in [0.05, 0.1) is 30.0 Å². The monoisotopic (exact) mass is 280 g/mol. The number of hydrogen-bond donors (Lipinski definition) is 2. The van der Waals surface area contributed by atoms with Crippen molar-refractivity contribution in [3.8, 4) is 0 Å². The number of carboxylic acid groups (broad SMARTS) is 1. The first-order valence-corrected chi connectivity index (χ1v) is 6.75. The number of nitrogens with zero attached hydrogens (tertiary/aromatic N) is 1. The van der Waals surface area contributed by atoms with Gasteiger partial charge in [0.15, 0.2) is 0 Å². The molecule has 1 aromatic carbocycles. The highest BCUT2D eigenvalue weighted by Crippen LogP contribution is 2.22. The number of carbonyl (C=O) groups is 1. The van der Waals surface area contributed by atoms with Gasteiger partial charge in [0.1, 0.15) is 0 Å². The van der Waals surface area contributed by atoms with Crippen molar-refractivity contribution in [1.82, 2.24) is 0 Å². The first-order chi connectivity index (χ1) is 9.29. The Morgan fingerprint density at radius 1 is 1.30 bits per heavy atom. The number of nitrogen functional groups attached to an aromatic ring is 1. The van der Waals surface area contributed by atoms with Crippen LogP contribution in [0.2, 0.25) is 0 Å². The summed E-state index contributed by atoms with van der Waals surface area (Å²) in [5, 5.41) is 8.84. The molecule has 0 saturated carbocycles. The molecule has 0 aromatic heterocycles. The molecule has 0 unspecified atom stereocenters. The van der Waals surface area contributed by atoms with Crippen LogP contribution in [0.15, 0.2) is 24.3 Å². The minimum atomic E-state index is -0.818. The number of benzene rings is 1. The van der Waals surface area contributed by atoms with Crippen LogP contribution in [-0.2, 0) is 9.53 Å². The van der Waals surface area contributed by atoms with Gasteiger partial charge in [0, 0.05) is 13.1 Å². The molecule has 1 rings (SSSR count). The Hall–Kier alpha value is -1.75. The lowest BCUT2D eigenvalue weighted by Gasteiger charge is -2.27. The number of ether oxygens (including phenoxy) is 1. The Balaban J connectivity index is 2.70. The highest BCUT2D eigenvalue weighted by Gasteiger charge is 2.14. The van der Waals surface area contributed by atoms with Crippen molar-refractivity contribution in [3.05, 3.63) is 24.3 Å². The van der Waals surface area contributed by atoms with Gasteiger partial charge < -0.3 is 20.5 Å². The Bertz CT molecular complexity index is 441. The SMILES string of the molecule is CC(C)(C)OCCN(CCC(=O)O)c1ccccc1N. The van der Waals surface area contributed by atoms with E-state index in [0.29, 0.717) is 25.4 Å². The maximum Gasteiger partial charge on any atom is 0.305 e. The van der Waals surface area contributed by atoms with Crippen LogP contribution in [0.25, 0.3) is 0 Å². The summed E-state index contributed by atoms with van der Waals surface area (Å²) >= 11 is 0. The van der Waals surface area contributed by atoms with Gasteiger partial charge in [-0.05, 0) is 32.9 Å². The van der Waals surface area contributed by atoms with Crippen LogP contribution in [-0.4, -0.2) is 36.4 Å². The fraction of sp³-hybridized carbons (Fsp3) is 0.533. The third-order valence-corrected chi connectivity index (χ3v) is 2.77. The Kier molecular flexibility index (Phi) is 5.82. The van der Waals surface area contributed by atoms with E-state index < -0.39 is 5.97 Å². The zero-order valence-corrected chi connectivity index (χ0v) is 12.4. The summed E-state index contributed by atoms with van der Waals surface area (Å²) < 4.78 is 5.70. The van der Waals surface area contributed by atoms with Gasteiger partial charge in [-0.2, -0.15) is 0 Å². The number of carboxylic acids is 1. The van der Waals surface area contributed by atoms with Crippen molar-refractivity contribution in [2.24, 2.45) is 0 Å². The van der Waals surface area contributed by atoms with E-state index in [0.717, 1.165) is 5.69 Å². The van der Waals surface area contributed by atoms with Gasteiger partial charge in [0.2, 0.25) is 0 Å². The van der Waals surface area contributed by atoms with Gasteiger partial charge in [0.25, 0.3) is 0 Å². The summed E-state index contributed by atoms with van der Waals surface area (Å²) in [4.78, 5) is 12.7. The first-order valence-electron chi connectivity index (χ1n) is 6.75. The number of aliphatic carboxylic acids is 1. The lowest BCUT2D eigenvalue weighted by Crippen LogP contribution is -2.33. The quantitative estimate of drug-likeness (QED) is 0.750. The molecular weight excluding hydrogens is 256 g/mol. The molecule has 0 saturated heterocycles. The van der Waals surface area contributed by atoms with Gasteiger partial charge in [-0.3, -0.25) is 4.79 Å². The fourth-order valence-electron chi connectivity index (χ4n) is 1.82. The van der Waals surface area contributed by atoms with E-state index >= 15 is 0 Å². The molecule has 5 heteroatoms. The molecule has 0 aliphatic rings. The van der Waals surface area contributed by atoms with Crippen LogP contribution in [0.1, 0.15) is 27.2 Å². The topological polar surface area (TPSA) is 75.8 Å². The largest absolute Gasteiger partial charge is 0.481 e. The maximum absolute atomic E-state index is 10.8. The second-order valence-electron chi connectivity index (χ2n) is 5.65. The molecule has 0 radical (unpaired) electrons. The summed E-state index contributed by atoms with van der Waals surface area (Å²) in [5.74, 6) is -0.818. The van der Waals surface area contributed by atoms with Crippen molar-refractivity contribution in [3.63, 3.8) is 0 Å². The van der Waals surface area contributed by atoms with Crippen LogP contribution in [0.4, 0.5) is 11.4 Å². The second-order valence-corrected chi connectivity index (χ2v) is 5.65. The third-order valence-electron chi connectivity index (χ3n) is 2.77. The second kappa shape index (κ2) is 7.14. The molecule has 0 amide bonds. The molecule has 0 aliphatic carbocycles. The summed E-state index contributed by atoms with van der Waals surface area (Å²) in [6.45, 7) is 7.52. The number of para-hydroxylation sites is 2. The molecule has 0 spiro atoms. The Morgan fingerprint density at radius 3 is 2.50 bits per heavy atom. The minimum Gasteiger partial charge on any atom is -0.481 e. The van der Waals surface area contributed by atoms with Crippen LogP contribution in [0.3, 0.4) is 0 Å². The smallest absolute Gasteiger partial charge is 0.305 e. The van der Waals surface area contributed by atoms with E-state index in [1.54, 1.807) is 0 Å². The molecule has 0 bridgehead atoms. The zero-order valence-electron chi connectivity index (χ0n) is 12.4. The standard InChI is InChI=1S/C15H24N2O3/c1-15(2,3)20-11-10-17(9-8-14(18)19)13-7-5-4-6-12(13)16/h4-7H,8-11,16H2,1-3H3,(H,18,19). The van der Waals surface area contributed by atoms with Crippen LogP contribution < -0.4 is 10.6 Å². The van der Waals surface area contributed by atoms with Crippen molar-refractivity contribution in [2.45, 2.75) is 32.8 Å². The molecule has 112 valence electrons. The number of hydrogen-bond acceptors (Lipinski definition) is 4.